The summed E-state index contributed by atoms with van der Waals surface area (Å²) >= 11 is 0. The van der Waals surface area contributed by atoms with Crippen LogP contribution in [0.25, 0.3) is 66.4 Å². The molecule has 0 atom stereocenters. The van der Waals surface area contributed by atoms with Crippen molar-refractivity contribution in [2.75, 3.05) is 0 Å². The zero-order chi connectivity index (χ0) is 37.8. The number of aromatic nitrogens is 2. The Morgan fingerprint density at radius 1 is 0.611 bits per heavy atom. The number of fused-ring (bicyclic) bond motifs is 3. The summed E-state index contributed by atoms with van der Waals surface area (Å²) in [5.74, 6) is 0. The van der Waals surface area contributed by atoms with Crippen molar-refractivity contribution < 1.29 is 0 Å². The number of nitriles is 5. The minimum absolute atomic E-state index is 0.303. The van der Waals surface area contributed by atoms with Crippen LogP contribution in [0.1, 0.15) is 29.2 Å². The maximum atomic E-state index is 10.6. The van der Waals surface area contributed by atoms with Crippen LogP contribution in [0.3, 0.4) is 0 Å². The molecular formula is C47H27N7. The second-order valence-electron chi connectivity index (χ2n) is 12.6. The predicted molar refractivity (Wildman–Crippen MR) is 211 cm³/mol. The van der Waals surface area contributed by atoms with Crippen LogP contribution in [-0.4, -0.2) is 9.55 Å². The molecule has 0 amide bonds. The smallest absolute Gasteiger partial charge is 0.0998 e. The van der Waals surface area contributed by atoms with Gasteiger partial charge in [0.25, 0.3) is 0 Å². The number of pyridine rings is 1. The summed E-state index contributed by atoms with van der Waals surface area (Å²) in [6, 6.07) is 45.9. The van der Waals surface area contributed by atoms with Crippen LogP contribution in [-0.2, 0) is 0 Å². The van der Waals surface area contributed by atoms with E-state index in [9.17, 15) is 26.3 Å². The van der Waals surface area contributed by atoms with Crippen LogP contribution < -0.4 is 0 Å². The van der Waals surface area contributed by atoms with Crippen LogP contribution in [0.15, 0.2) is 151 Å². The van der Waals surface area contributed by atoms with Gasteiger partial charge < -0.3 is 4.57 Å². The molecule has 0 saturated carbocycles. The zero-order valence-corrected chi connectivity index (χ0v) is 29.0. The molecule has 0 spiro atoms. The van der Waals surface area contributed by atoms with E-state index in [-0.39, 0.29) is 0 Å². The van der Waals surface area contributed by atoms with Gasteiger partial charge in [-0.1, -0.05) is 61.2 Å². The van der Waals surface area contributed by atoms with Crippen LogP contribution in [0, 0.1) is 56.7 Å². The summed E-state index contributed by atoms with van der Waals surface area (Å²) in [6.45, 7) is 5.93. The van der Waals surface area contributed by atoms with Gasteiger partial charge in [-0.2, -0.15) is 26.3 Å². The normalized spacial score (nSPS) is 11.3. The fourth-order valence-electron chi connectivity index (χ4n) is 6.71. The van der Waals surface area contributed by atoms with Gasteiger partial charge in [-0.05, 0) is 107 Å². The van der Waals surface area contributed by atoms with Crippen molar-refractivity contribution in [3.63, 3.8) is 0 Å². The highest BCUT2D eigenvalue weighted by Gasteiger charge is 2.21. The largest absolute Gasteiger partial charge is 0.309 e. The molecule has 2 aromatic heterocycles. The minimum atomic E-state index is 0.303. The molecule has 54 heavy (non-hydrogen) atoms. The molecule has 7 nitrogen and oxygen atoms in total. The van der Waals surface area contributed by atoms with Crippen molar-refractivity contribution in [2.24, 2.45) is 0 Å². The van der Waals surface area contributed by atoms with Crippen molar-refractivity contribution in [2.45, 2.75) is 6.92 Å². The Kier molecular flexibility index (Phi) is 9.19. The standard InChI is InChI=1S/C47H27N7/c1-30(25-48)16-32(26-49)17-31(2)37-8-10-41-42-11-9-38(39-19-33(27-50)18-34(20-39)28-51)22-46(42)54(45(41)21-37)47-23-40(29-52)43(36-12-14-53-15-13-36)24-44(47)35-6-4-3-5-7-35/h3-24H,2H2,1H3/b30-16+,32-17+. The van der Waals surface area contributed by atoms with Gasteiger partial charge in [0, 0.05) is 39.9 Å². The molecule has 0 aliphatic rings. The van der Waals surface area contributed by atoms with E-state index in [4.69, 9.17) is 0 Å². The molecule has 5 aromatic carbocycles. The summed E-state index contributed by atoms with van der Waals surface area (Å²) in [7, 11) is 0. The minimum Gasteiger partial charge on any atom is -0.309 e. The summed E-state index contributed by atoms with van der Waals surface area (Å²) in [5.41, 5.74) is 10.7. The molecule has 0 bridgehead atoms. The molecule has 2 heterocycles. The predicted octanol–water partition coefficient (Wildman–Crippen LogP) is 10.7. The van der Waals surface area contributed by atoms with Crippen molar-refractivity contribution in [1.82, 2.24) is 9.55 Å². The number of hydrogen-bond acceptors (Lipinski definition) is 6. The van der Waals surface area contributed by atoms with Gasteiger partial charge in [-0.25, -0.2) is 0 Å². The van der Waals surface area contributed by atoms with Crippen molar-refractivity contribution in [1.29, 1.82) is 26.3 Å². The molecule has 0 aliphatic carbocycles. The summed E-state index contributed by atoms with van der Waals surface area (Å²) in [4.78, 5) is 4.18. The molecule has 7 rings (SSSR count). The van der Waals surface area contributed by atoms with Crippen LogP contribution in [0.5, 0.6) is 0 Å². The molecule has 0 fully saturated rings. The average molecular weight is 690 g/mol. The topological polar surface area (TPSA) is 137 Å². The second-order valence-corrected chi connectivity index (χ2v) is 12.6. The number of rotatable bonds is 7. The molecule has 0 aliphatic heterocycles. The van der Waals surface area contributed by atoms with E-state index in [0.717, 1.165) is 66.4 Å². The highest BCUT2D eigenvalue weighted by molar-refractivity contribution is 6.11. The highest BCUT2D eigenvalue weighted by Crippen LogP contribution is 2.41. The Balaban J connectivity index is 1.58. The Labute approximate surface area is 312 Å². The van der Waals surface area contributed by atoms with Crippen molar-refractivity contribution >= 4 is 27.4 Å². The monoisotopic (exact) mass is 689 g/mol. The number of allylic oxidation sites excluding steroid dienone is 5. The quantitative estimate of drug-likeness (QED) is 0.121. The lowest BCUT2D eigenvalue weighted by atomic mass is 9.93. The molecule has 0 saturated heterocycles. The first kappa shape index (κ1) is 34.2. The maximum absolute atomic E-state index is 10.6. The van der Waals surface area contributed by atoms with Crippen molar-refractivity contribution in [3.05, 3.63) is 174 Å². The van der Waals surface area contributed by atoms with Gasteiger partial charge in [0.2, 0.25) is 0 Å². The molecule has 0 unspecified atom stereocenters. The van der Waals surface area contributed by atoms with E-state index >= 15 is 0 Å². The Hall–Kier alpha value is -8.28. The highest BCUT2D eigenvalue weighted by atomic mass is 15.0. The zero-order valence-electron chi connectivity index (χ0n) is 29.0. The number of benzene rings is 5. The Bertz CT molecular complexity index is 2920. The van der Waals surface area contributed by atoms with E-state index < -0.39 is 0 Å². The SMILES string of the molecule is C=C(/C=C(C#N)\C=C(/C)C#N)c1ccc2c3ccc(-c4cc(C#N)cc(C#N)c4)cc3n(-c3cc(C#N)c(-c4ccncc4)cc3-c3ccccc3)c2c1. The van der Waals surface area contributed by atoms with E-state index in [1.54, 1.807) is 43.6 Å². The average Bonchev–Trinajstić information content (AvgIpc) is 3.55. The first-order valence-corrected chi connectivity index (χ1v) is 16.8. The van der Waals surface area contributed by atoms with E-state index in [1.165, 1.54) is 6.08 Å². The first-order valence-electron chi connectivity index (χ1n) is 16.8. The van der Waals surface area contributed by atoms with Crippen LogP contribution in [0.2, 0.25) is 0 Å². The molecule has 0 radical (unpaired) electrons. The molecular weight excluding hydrogens is 663 g/mol. The number of nitrogens with zero attached hydrogens (tertiary/aromatic N) is 7. The third-order valence-electron chi connectivity index (χ3n) is 9.24. The van der Waals surface area contributed by atoms with Gasteiger partial charge in [0.1, 0.15) is 0 Å². The lowest BCUT2D eigenvalue weighted by molar-refractivity contribution is 1.18. The van der Waals surface area contributed by atoms with Gasteiger partial charge in [0.05, 0.1) is 69.3 Å². The van der Waals surface area contributed by atoms with Crippen LogP contribution in [0.4, 0.5) is 0 Å². The molecule has 250 valence electrons. The van der Waals surface area contributed by atoms with Gasteiger partial charge in [0.15, 0.2) is 0 Å². The van der Waals surface area contributed by atoms with Gasteiger partial charge in [-0.3, -0.25) is 4.98 Å². The molecule has 7 heteroatoms. The van der Waals surface area contributed by atoms with E-state index in [2.05, 4.69) is 46.5 Å². The molecule has 7 aromatic rings. The van der Waals surface area contributed by atoms with Gasteiger partial charge in [-0.15, -0.1) is 0 Å². The lowest BCUT2D eigenvalue weighted by Crippen LogP contribution is -2.00. The summed E-state index contributed by atoms with van der Waals surface area (Å²) in [6.07, 6.45) is 6.60. The van der Waals surface area contributed by atoms with Crippen molar-refractivity contribution in [3.8, 4) is 69.4 Å². The lowest BCUT2D eigenvalue weighted by Gasteiger charge is -2.18. The molecule has 0 N–H and O–H groups in total. The summed E-state index contributed by atoms with van der Waals surface area (Å²) < 4.78 is 2.14. The third-order valence-corrected chi connectivity index (χ3v) is 9.24. The number of hydrogen-bond donors (Lipinski definition) is 0. The Morgan fingerprint density at radius 2 is 1.28 bits per heavy atom. The maximum Gasteiger partial charge on any atom is 0.0998 e. The van der Waals surface area contributed by atoms with Crippen LogP contribution >= 0.6 is 0 Å². The third kappa shape index (κ3) is 6.39. The second kappa shape index (κ2) is 14.5. The fourth-order valence-corrected chi connectivity index (χ4v) is 6.71. The fraction of sp³-hybridized carbons (Fsp3) is 0.0213. The van der Waals surface area contributed by atoms with E-state index in [1.807, 2.05) is 91.0 Å². The summed E-state index contributed by atoms with van der Waals surface area (Å²) in [5, 5.41) is 51.1. The Morgan fingerprint density at radius 3 is 1.93 bits per heavy atom. The van der Waals surface area contributed by atoms with E-state index in [0.29, 0.717) is 33.4 Å². The first-order chi connectivity index (χ1) is 26.3. The van der Waals surface area contributed by atoms with Gasteiger partial charge >= 0.3 is 0 Å².